The van der Waals surface area contributed by atoms with E-state index in [1.54, 1.807) is 0 Å². The molecule has 4 heteroatoms. The van der Waals surface area contributed by atoms with Gasteiger partial charge in [-0.3, -0.25) is 0 Å². The first-order valence-corrected chi connectivity index (χ1v) is 9.03. The van der Waals surface area contributed by atoms with Crippen molar-refractivity contribution in [2.75, 3.05) is 6.61 Å². The number of rotatable bonds is 8. The fraction of sp³-hybridized carbons (Fsp3) is 0.412. The highest BCUT2D eigenvalue weighted by molar-refractivity contribution is 9.10. The molecule has 2 aromatic rings. The molecule has 0 aliphatic rings. The van der Waals surface area contributed by atoms with Gasteiger partial charge >= 0.3 is 0 Å². The van der Waals surface area contributed by atoms with Crippen molar-refractivity contribution in [2.45, 2.75) is 39.3 Å². The van der Waals surface area contributed by atoms with Crippen molar-refractivity contribution in [3.8, 4) is 5.75 Å². The van der Waals surface area contributed by atoms with Gasteiger partial charge in [-0.2, -0.15) is 0 Å². The fourth-order valence-corrected chi connectivity index (χ4v) is 3.37. The Kier molecular flexibility index (Phi) is 6.74. The van der Waals surface area contributed by atoms with Crippen LogP contribution in [0.2, 0.25) is 0 Å². The lowest BCUT2D eigenvalue weighted by Crippen LogP contribution is -2.27. The summed E-state index contributed by atoms with van der Waals surface area (Å²) in [7, 11) is 0. The van der Waals surface area contributed by atoms with Gasteiger partial charge in [-0.25, -0.2) is 0 Å². The largest absolute Gasteiger partial charge is 0.493 e. The fourth-order valence-electron chi connectivity index (χ4n) is 2.13. The van der Waals surface area contributed by atoms with Gasteiger partial charge in [-0.1, -0.05) is 28.9 Å². The van der Waals surface area contributed by atoms with E-state index in [-0.39, 0.29) is 0 Å². The number of ether oxygens (including phenoxy) is 1. The summed E-state index contributed by atoms with van der Waals surface area (Å²) in [4.78, 5) is 1.42. The van der Waals surface area contributed by atoms with Crippen molar-refractivity contribution in [1.82, 2.24) is 5.32 Å². The minimum absolute atomic E-state index is 0.446. The van der Waals surface area contributed by atoms with Crippen molar-refractivity contribution in [2.24, 2.45) is 0 Å². The van der Waals surface area contributed by atoms with Crippen molar-refractivity contribution < 1.29 is 4.74 Å². The first-order valence-electron chi connectivity index (χ1n) is 7.36. The highest BCUT2D eigenvalue weighted by Gasteiger charge is 2.08. The zero-order valence-corrected chi connectivity index (χ0v) is 15.0. The molecule has 21 heavy (non-hydrogen) atoms. The molecule has 0 saturated heterocycles. The zero-order valence-electron chi connectivity index (χ0n) is 12.6. The molecule has 0 bridgehead atoms. The molecular formula is C17H22BrNOS. The Labute approximate surface area is 139 Å². The second-order valence-corrected chi connectivity index (χ2v) is 7.11. The van der Waals surface area contributed by atoms with Crippen LogP contribution in [0.25, 0.3) is 0 Å². The molecule has 2 rings (SSSR count). The minimum Gasteiger partial charge on any atom is -0.493 e. The van der Waals surface area contributed by atoms with Crippen LogP contribution in [0.1, 0.15) is 30.7 Å². The van der Waals surface area contributed by atoms with E-state index in [9.17, 15) is 0 Å². The summed E-state index contributed by atoms with van der Waals surface area (Å²) in [5.41, 5.74) is 1.20. The molecule has 0 amide bonds. The molecular weight excluding hydrogens is 346 g/mol. The van der Waals surface area contributed by atoms with E-state index in [1.165, 1.54) is 10.4 Å². The van der Waals surface area contributed by atoms with Crippen LogP contribution in [0.4, 0.5) is 0 Å². The number of halogens is 1. The summed E-state index contributed by atoms with van der Waals surface area (Å²) in [6, 6.07) is 11.0. The van der Waals surface area contributed by atoms with E-state index >= 15 is 0 Å². The predicted molar refractivity (Wildman–Crippen MR) is 94.3 cm³/mol. The van der Waals surface area contributed by atoms with Gasteiger partial charge in [-0.15, -0.1) is 11.3 Å². The maximum absolute atomic E-state index is 5.82. The van der Waals surface area contributed by atoms with E-state index in [4.69, 9.17) is 4.74 Å². The van der Waals surface area contributed by atoms with Gasteiger partial charge < -0.3 is 10.1 Å². The van der Waals surface area contributed by atoms with Gasteiger partial charge in [0, 0.05) is 27.5 Å². The SMILES string of the molecule is CCCOc1ccc(Br)cc1CNC(C)Cc1cccs1. The van der Waals surface area contributed by atoms with Crippen LogP contribution in [-0.4, -0.2) is 12.6 Å². The van der Waals surface area contributed by atoms with E-state index in [1.807, 2.05) is 23.5 Å². The van der Waals surface area contributed by atoms with Gasteiger partial charge in [0.1, 0.15) is 5.75 Å². The monoisotopic (exact) mass is 367 g/mol. The Morgan fingerprint density at radius 1 is 1.33 bits per heavy atom. The van der Waals surface area contributed by atoms with Gasteiger partial charge in [0.25, 0.3) is 0 Å². The maximum Gasteiger partial charge on any atom is 0.123 e. The molecule has 1 atom stereocenters. The molecule has 0 spiro atoms. The smallest absolute Gasteiger partial charge is 0.123 e. The third-order valence-corrected chi connectivity index (χ3v) is 4.60. The Morgan fingerprint density at radius 2 is 2.19 bits per heavy atom. The average molecular weight is 368 g/mol. The van der Waals surface area contributed by atoms with Crippen molar-refractivity contribution in [1.29, 1.82) is 0 Å². The summed E-state index contributed by atoms with van der Waals surface area (Å²) in [5.74, 6) is 0.982. The molecule has 114 valence electrons. The summed E-state index contributed by atoms with van der Waals surface area (Å²) in [6.45, 7) is 5.94. The number of thiophene rings is 1. The third-order valence-electron chi connectivity index (χ3n) is 3.21. The molecule has 0 saturated carbocycles. The molecule has 1 unspecified atom stereocenters. The zero-order chi connectivity index (χ0) is 15.1. The van der Waals surface area contributed by atoms with E-state index < -0.39 is 0 Å². The molecule has 2 nitrogen and oxygen atoms in total. The van der Waals surface area contributed by atoms with Crippen LogP contribution >= 0.6 is 27.3 Å². The number of nitrogens with one attached hydrogen (secondary N) is 1. The molecule has 1 aromatic carbocycles. The molecule has 0 radical (unpaired) electrons. The van der Waals surface area contributed by atoms with Gasteiger partial charge in [-0.05, 0) is 49.4 Å². The van der Waals surface area contributed by atoms with Crippen molar-refractivity contribution in [3.05, 3.63) is 50.6 Å². The highest BCUT2D eigenvalue weighted by atomic mass is 79.9. The minimum atomic E-state index is 0.446. The van der Waals surface area contributed by atoms with Crippen LogP contribution in [0.3, 0.4) is 0 Å². The Hall–Kier alpha value is -0.840. The summed E-state index contributed by atoms with van der Waals surface area (Å²) < 4.78 is 6.91. The lowest BCUT2D eigenvalue weighted by atomic mass is 10.1. The van der Waals surface area contributed by atoms with Crippen LogP contribution < -0.4 is 10.1 Å². The molecule has 0 aliphatic carbocycles. The average Bonchev–Trinajstić information content (AvgIpc) is 2.97. The van der Waals surface area contributed by atoms with Gasteiger partial charge in [0.05, 0.1) is 6.61 Å². The maximum atomic E-state index is 5.82. The van der Waals surface area contributed by atoms with Gasteiger partial charge in [0.15, 0.2) is 0 Å². The lowest BCUT2D eigenvalue weighted by molar-refractivity contribution is 0.312. The molecule has 1 heterocycles. The Morgan fingerprint density at radius 3 is 2.90 bits per heavy atom. The number of hydrogen-bond donors (Lipinski definition) is 1. The lowest BCUT2D eigenvalue weighted by Gasteiger charge is -2.16. The Balaban J connectivity index is 1.93. The molecule has 0 aliphatic heterocycles. The standard InChI is InChI=1S/C17H22BrNOS/c1-3-8-20-17-7-6-15(18)11-14(17)12-19-13(2)10-16-5-4-9-21-16/h4-7,9,11,13,19H,3,8,10,12H2,1-2H3. The summed E-state index contributed by atoms with van der Waals surface area (Å²) in [6.07, 6.45) is 2.09. The van der Waals surface area contributed by atoms with Crippen LogP contribution in [0.15, 0.2) is 40.2 Å². The number of benzene rings is 1. The molecule has 0 fully saturated rings. The second kappa shape index (κ2) is 8.57. The second-order valence-electron chi connectivity index (χ2n) is 5.17. The predicted octanol–water partition coefficient (Wildman–Crippen LogP) is 5.02. The number of hydrogen-bond acceptors (Lipinski definition) is 3. The quantitative estimate of drug-likeness (QED) is 0.706. The van der Waals surface area contributed by atoms with Crippen LogP contribution in [0, 0.1) is 0 Å². The summed E-state index contributed by atoms with van der Waals surface area (Å²) in [5, 5.41) is 5.72. The van der Waals surface area contributed by atoms with Crippen molar-refractivity contribution in [3.63, 3.8) is 0 Å². The van der Waals surface area contributed by atoms with Crippen molar-refractivity contribution >= 4 is 27.3 Å². The first kappa shape index (κ1) is 16.5. The van der Waals surface area contributed by atoms with Crippen LogP contribution in [-0.2, 0) is 13.0 Å². The van der Waals surface area contributed by atoms with Gasteiger partial charge in [0.2, 0.25) is 0 Å². The molecule has 1 N–H and O–H groups in total. The first-order chi connectivity index (χ1) is 10.2. The third kappa shape index (κ3) is 5.46. The van der Waals surface area contributed by atoms with E-state index in [0.717, 1.165) is 36.2 Å². The van der Waals surface area contributed by atoms with Crippen LogP contribution in [0.5, 0.6) is 5.75 Å². The summed E-state index contributed by atoms with van der Waals surface area (Å²) >= 11 is 5.36. The molecule has 1 aromatic heterocycles. The Bertz CT molecular complexity index is 542. The van der Waals surface area contributed by atoms with E-state index in [2.05, 4.69) is 58.7 Å². The topological polar surface area (TPSA) is 21.3 Å². The normalized spacial score (nSPS) is 12.3. The highest BCUT2D eigenvalue weighted by Crippen LogP contribution is 2.23. The van der Waals surface area contributed by atoms with E-state index in [0.29, 0.717) is 6.04 Å².